The van der Waals surface area contributed by atoms with Crippen LogP contribution in [0.4, 0.5) is 0 Å². The third-order valence-corrected chi connectivity index (χ3v) is 4.97. The fourth-order valence-electron chi connectivity index (χ4n) is 1.95. The molecule has 0 aromatic heterocycles. The van der Waals surface area contributed by atoms with Gasteiger partial charge < -0.3 is 10.1 Å². The van der Waals surface area contributed by atoms with E-state index in [1.807, 2.05) is 19.1 Å². The molecule has 0 radical (unpaired) electrons. The number of ether oxygens (including phenoxy) is 1. The van der Waals surface area contributed by atoms with Crippen LogP contribution in [0.3, 0.4) is 0 Å². The maximum Gasteiger partial charge on any atom is 0.153 e. The van der Waals surface area contributed by atoms with Crippen LogP contribution in [0.2, 0.25) is 0 Å². The maximum atomic E-state index is 11.4. The summed E-state index contributed by atoms with van der Waals surface area (Å²) in [5.41, 5.74) is 2.24. The highest BCUT2D eigenvalue weighted by molar-refractivity contribution is 7.91. The first-order valence-corrected chi connectivity index (χ1v) is 8.89. The van der Waals surface area contributed by atoms with Gasteiger partial charge in [0.2, 0.25) is 0 Å². The van der Waals surface area contributed by atoms with Crippen LogP contribution in [0.15, 0.2) is 18.2 Å². The fourth-order valence-corrected chi connectivity index (χ4v) is 2.58. The molecular formula is C15H25NO3S. The molecule has 4 nitrogen and oxygen atoms in total. The Kier molecular flexibility index (Phi) is 6.49. The lowest BCUT2D eigenvalue weighted by atomic mass is 10.1. The lowest BCUT2D eigenvalue weighted by Gasteiger charge is -2.15. The summed E-state index contributed by atoms with van der Waals surface area (Å²) in [4.78, 5) is 0. The number of aryl methyl sites for hydroxylation is 1. The van der Waals surface area contributed by atoms with Crippen molar-refractivity contribution in [1.29, 1.82) is 0 Å². The molecule has 0 heterocycles. The minimum absolute atomic E-state index is 0.0679. The van der Waals surface area contributed by atoms with E-state index in [9.17, 15) is 8.42 Å². The van der Waals surface area contributed by atoms with Crippen LogP contribution in [-0.4, -0.2) is 33.1 Å². The van der Waals surface area contributed by atoms with Gasteiger partial charge in [0.1, 0.15) is 12.4 Å². The molecule has 1 aromatic carbocycles. The molecule has 1 N–H and O–H groups in total. The molecular weight excluding hydrogens is 274 g/mol. The second-order valence-corrected chi connectivity index (χ2v) is 7.36. The molecule has 0 bridgehead atoms. The van der Waals surface area contributed by atoms with Gasteiger partial charge in [-0.05, 0) is 37.6 Å². The van der Waals surface area contributed by atoms with Crippen molar-refractivity contribution >= 4 is 9.84 Å². The number of nitrogens with one attached hydrogen (secondary N) is 1. The van der Waals surface area contributed by atoms with Crippen molar-refractivity contribution in [3.8, 4) is 5.75 Å². The molecule has 1 aromatic rings. The zero-order valence-electron chi connectivity index (χ0n) is 12.8. The number of hydrogen-bond acceptors (Lipinski definition) is 4. The van der Waals surface area contributed by atoms with Gasteiger partial charge in [-0.2, -0.15) is 0 Å². The van der Waals surface area contributed by atoms with Gasteiger partial charge in [-0.1, -0.05) is 26.0 Å². The third kappa shape index (κ3) is 5.13. The molecule has 0 aliphatic rings. The Bertz CT molecular complexity index is 526. The fraction of sp³-hybridized carbons (Fsp3) is 0.600. The molecule has 20 heavy (non-hydrogen) atoms. The van der Waals surface area contributed by atoms with E-state index in [2.05, 4.69) is 25.2 Å². The van der Waals surface area contributed by atoms with E-state index in [0.29, 0.717) is 6.04 Å². The second kappa shape index (κ2) is 7.64. The van der Waals surface area contributed by atoms with Gasteiger partial charge in [0.25, 0.3) is 0 Å². The molecule has 0 saturated carbocycles. The number of hydrogen-bond donors (Lipinski definition) is 1. The lowest BCUT2D eigenvalue weighted by Crippen LogP contribution is -2.18. The quantitative estimate of drug-likeness (QED) is 0.801. The SMILES string of the molecule is CCNC(C)c1ccc(OCCS(=O)(=O)CC)c(C)c1. The minimum atomic E-state index is -2.97. The molecule has 0 saturated heterocycles. The number of benzene rings is 1. The van der Waals surface area contributed by atoms with Crippen molar-refractivity contribution in [3.05, 3.63) is 29.3 Å². The van der Waals surface area contributed by atoms with Crippen molar-refractivity contribution in [2.45, 2.75) is 33.7 Å². The van der Waals surface area contributed by atoms with Crippen molar-refractivity contribution in [2.24, 2.45) is 0 Å². The Morgan fingerprint density at radius 2 is 2.00 bits per heavy atom. The van der Waals surface area contributed by atoms with Gasteiger partial charge in [0, 0.05) is 11.8 Å². The standard InChI is InChI=1S/C15H25NO3S/c1-5-16-13(4)14-7-8-15(12(3)11-14)19-9-10-20(17,18)6-2/h7-8,11,13,16H,5-6,9-10H2,1-4H3. The summed E-state index contributed by atoms with van der Waals surface area (Å²) in [6.07, 6.45) is 0. The van der Waals surface area contributed by atoms with Crippen LogP contribution in [0.5, 0.6) is 5.75 Å². The first kappa shape index (κ1) is 17.0. The predicted octanol–water partition coefficient (Wildman–Crippen LogP) is 2.48. The molecule has 0 aliphatic heterocycles. The average molecular weight is 299 g/mol. The van der Waals surface area contributed by atoms with Crippen molar-refractivity contribution in [1.82, 2.24) is 5.32 Å². The average Bonchev–Trinajstić information content (AvgIpc) is 2.40. The molecule has 1 atom stereocenters. The van der Waals surface area contributed by atoms with E-state index in [4.69, 9.17) is 4.74 Å². The molecule has 114 valence electrons. The predicted molar refractivity (Wildman–Crippen MR) is 83.1 cm³/mol. The summed E-state index contributed by atoms with van der Waals surface area (Å²) in [5.74, 6) is 0.983. The Morgan fingerprint density at radius 3 is 2.55 bits per heavy atom. The third-order valence-electron chi connectivity index (χ3n) is 3.30. The van der Waals surface area contributed by atoms with E-state index in [0.717, 1.165) is 17.9 Å². The van der Waals surface area contributed by atoms with Gasteiger partial charge in [0.05, 0.1) is 5.75 Å². The van der Waals surface area contributed by atoms with Crippen LogP contribution in [0.25, 0.3) is 0 Å². The van der Waals surface area contributed by atoms with Crippen LogP contribution >= 0.6 is 0 Å². The Hall–Kier alpha value is -1.07. The summed E-state index contributed by atoms with van der Waals surface area (Å²) in [5, 5.41) is 3.36. The van der Waals surface area contributed by atoms with E-state index < -0.39 is 9.84 Å². The molecule has 1 unspecified atom stereocenters. The summed E-state index contributed by atoms with van der Waals surface area (Å²) in [7, 11) is -2.97. The normalized spacial score (nSPS) is 13.2. The van der Waals surface area contributed by atoms with Crippen molar-refractivity contribution in [2.75, 3.05) is 24.7 Å². The molecule has 0 fully saturated rings. The molecule has 5 heteroatoms. The van der Waals surface area contributed by atoms with E-state index in [1.165, 1.54) is 5.56 Å². The van der Waals surface area contributed by atoms with Crippen LogP contribution in [-0.2, 0) is 9.84 Å². The highest BCUT2D eigenvalue weighted by atomic mass is 32.2. The van der Waals surface area contributed by atoms with Gasteiger partial charge in [-0.15, -0.1) is 0 Å². The lowest BCUT2D eigenvalue weighted by molar-refractivity contribution is 0.338. The first-order chi connectivity index (χ1) is 9.39. The molecule has 0 aliphatic carbocycles. The smallest absolute Gasteiger partial charge is 0.153 e. The minimum Gasteiger partial charge on any atom is -0.492 e. The first-order valence-electron chi connectivity index (χ1n) is 7.06. The zero-order chi connectivity index (χ0) is 15.2. The van der Waals surface area contributed by atoms with Crippen LogP contribution < -0.4 is 10.1 Å². The van der Waals surface area contributed by atoms with Crippen molar-refractivity contribution in [3.63, 3.8) is 0 Å². The highest BCUT2D eigenvalue weighted by Gasteiger charge is 2.10. The Balaban J connectivity index is 2.65. The summed E-state index contributed by atoms with van der Waals surface area (Å²) in [6.45, 7) is 8.96. The Labute approximate surface area is 122 Å². The van der Waals surface area contributed by atoms with Crippen LogP contribution in [0, 0.1) is 6.92 Å². The van der Waals surface area contributed by atoms with Gasteiger partial charge in [0.15, 0.2) is 9.84 Å². The van der Waals surface area contributed by atoms with Gasteiger partial charge >= 0.3 is 0 Å². The molecule has 1 rings (SSSR count). The van der Waals surface area contributed by atoms with Gasteiger partial charge in [-0.25, -0.2) is 8.42 Å². The van der Waals surface area contributed by atoms with E-state index >= 15 is 0 Å². The zero-order valence-corrected chi connectivity index (χ0v) is 13.6. The summed E-state index contributed by atoms with van der Waals surface area (Å²) in [6, 6.07) is 6.31. The molecule has 0 amide bonds. The van der Waals surface area contributed by atoms with Crippen LogP contribution in [0.1, 0.15) is 37.9 Å². The number of sulfone groups is 1. The highest BCUT2D eigenvalue weighted by Crippen LogP contribution is 2.22. The largest absolute Gasteiger partial charge is 0.492 e. The topological polar surface area (TPSA) is 55.4 Å². The van der Waals surface area contributed by atoms with E-state index in [1.54, 1.807) is 6.92 Å². The van der Waals surface area contributed by atoms with E-state index in [-0.39, 0.29) is 18.1 Å². The summed E-state index contributed by atoms with van der Waals surface area (Å²) < 4.78 is 28.4. The molecule has 0 spiro atoms. The number of rotatable bonds is 8. The van der Waals surface area contributed by atoms with Crippen molar-refractivity contribution < 1.29 is 13.2 Å². The second-order valence-electron chi connectivity index (χ2n) is 4.89. The maximum absolute atomic E-state index is 11.4. The monoisotopic (exact) mass is 299 g/mol. The summed E-state index contributed by atoms with van der Waals surface area (Å²) >= 11 is 0. The Morgan fingerprint density at radius 1 is 1.30 bits per heavy atom. The van der Waals surface area contributed by atoms with Gasteiger partial charge in [-0.3, -0.25) is 0 Å².